The van der Waals surface area contributed by atoms with Crippen LogP contribution in [-0.4, -0.2) is 17.3 Å². The lowest BCUT2D eigenvalue weighted by Crippen LogP contribution is -1.98. The molecule has 0 unspecified atom stereocenters. The Balaban J connectivity index is 3.03. The van der Waals surface area contributed by atoms with Crippen molar-refractivity contribution in [2.45, 2.75) is 0 Å². The summed E-state index contributed by atoms with van der Waals surface area (Å²) < 4.78 is 4.79. The molecule has 0 saturated heterocycles. The molecular formula is C8H8O2S. The third-order valence-corrected chi connectivity index (χ3v) is 1.70. The third-order valence-electron chi connectivity index (χ3n) is 1.31. The Kier molecular flexibility index (Phi) is 2.44. The van der Waals surface area contributed by atoms with Gasteiger partial charge in [-0.05, 0) is 24.4 Å². The van der Waals surface area contributed by atoms with E-state index in [1.807, 2.05) is 0 Å². The Bertz CT molecular complexity index is 271. The van der Waals surface area contributed by atoms with E-state index in [1.54, 1.807) is 24.3 Å². The number of benzene rings is 1. The van der Waals surface area contributed by atoms with Crippen LogP contribution in [0.1, 0.15) is 5.56 Å². The fourth-order valence-corrected chi connectivity index (χ4v) is 0.929. The monoisotopic (exact) mass is 168 g/mol. The highest BCUT2D eigenvalue weighted by Gasteiger charge is 2.04. The van der Waals surface area contributed by atoms with Crippen molar-refractivity contribution in [2.24, 2.45) is 0 Å². The van der Waals surface area contributed by atoms with Gasteiger partial charge in [0.25, 0.3) is 0 Å². The van der Waals surface area contributed by atoms with Crippen molar-refractivity contribution >= 4 is 17.3 Å². The predicted octanol–water partition coefficient (Wildman–Crippen LogP) is 1.71. The highest BCUT2D eigenvalue weighted by molar-refractivity contribution is 7.80. The molecule has 1 N–H and O–H groups in total. The van der Waals surface area contributed by atoms with Gasteiger partial charge in [0.05, 0.1) is 12.7 Å². The van der Waals surface area contributed by atoms with Gasteiger partial charge in [0.15, 0.2) is 5.05 Å². The van der Waals surface area contributed by atoms with Gasteiger partial charge in [-0.15, -0.1) is 0 Å². The topological polar surface area (TPSA) is 29.5 Å². The lowest BCUT2D eigenvalue weighted by molar-refractivity contribution is 0.410. The SMILES string of the molecule is COC(=S)c1ccccc1O. The maximum Gasteiger partial charge on any atom is 0.194 e. The first-order valence-corrected chi connectivity index (χ1v) is 3.53. The lowest BCUT2D eigenvalue weighted by Gasteiger charge is -2.02. The van der Waals surface area contributed by atoms with Crippen LogP contribution in [0.5, 0.6) is 5.75 Å². The molecule has 0 aromatic heterocycles. The number of para-hydroxylation sites is 1. The zero-order valence-corrected chi connectivity index (χ0v) is 6.89. The van der Waals surface area contributed by atoms with Gasteiger partial charge in [-0.1, -0.05) is 12.1 Å². The summed E-state index contributed by atoms with van der Waals surface area (Å²) in [6.45, 7) is 0. The number of methoxy groups -OCH3 is 1. The largest absolute Gasteiger partial charge is 0.507 e. The Labute approximate surface area is 70.4 Å². The second-order valence-corrected chi connectivity index (χ2v) is 2.38. The second-order valence-electron chi connectivity index (χ2n) is 2.01. The van der Waals surface area contributed by atoms with Gasteiger partial charge in [-0.3, -0.25) is 0 Å². The molecule has 0 heterocycles. The average Bonchev–Trinajstić information content (AvgIpc) is 2.04. The number of hydrogen-bond donors (Lipinski definition) is 1. The Hall–Kier alpha value is -1.09. The van der Waals surface area contributed by atoms with E-state index in [2.05, 4.69) is 0 Å². The minimum atomic E-state index is 0.152. The second kappa shape index (κ2) is 3.34. The number of aromatic hydroxyl groups is 1. The number of hydrogen-bond acceptors (Lipinski definition) is 3. The first kappa shape index (κ1) is 8.01. The van der Waals surface area contributed by atoms with Crippen molar-refractivity contribution in [3.05, 3.63) is 29.8 Å². The van der Waals surface area contributed by atoms with E-state index in [0.717, 1.165) is 0 Å². The highest BCUT2D eigenvalue weighted by atomic mass is 32.1. The van der Waals surface area contributed by atoms with Gasteiger partial charge in [0.2, 0.25) is 0 Å². The van der Waals surface area contributed by atoms with Crippen molar-refractivity contribution in [2.75, 3.05) is 7.11 Å². The molecule has 0 bridgehead atoms. The summed E-state index contributed by atoms with van der Waals surface area (Å²) in [6, 6.07) is 6.80. The molecule has 0 saturated carbocycles. The van der Waals surface area contributed by atoms with E-state index in [0.29, 0.717) is 10.6 Å². The standard InChI is InChI=1S/C8H8O2S/c1-10-8(11)6-4-2-3-5-7(6)9/h2-5,9H,1H3. The van der Waals surface area contributed by atoms with Crippen LogP contribution in [0.2, 0.25) is 0 Å². The lowest BCUT2D eigenvalue weighted by atomic mass is 10.2. The number of thiocarbonyl (C=S) groups is 1. The fraction of sp³-hybridized carbons (Fsp3) is 0.125. The van der Waals surface area contributed by atoms with Crippen molar-refractivity contribution in [1.82, 2.24) is 0 Å². The minimum Gasteiger partial charge on any atom is -0.507 e. The van der Waals surface area contributed by atoms with E-state index < -0.39 is 0 Å². The zero-order chi connectivity index (χ0) is 8.27. The van der Waals surface area contributed by atoms with Gasteiger partial charge in [0, 0.05) is 0 Å². The van der Waals surface area contributed by atoms with Crippen molar-refractivity contribution in [1.29, 1.82) is 0 Å². The molecule has 0 spiro atoms. The van der Waals surface area contributed by atoms with E-state index in [1.165, 1.54) is 7.11 Å². The van der Waals surface area contributed by atoms with Crippen LogP contribution < -0.4 is 0 Å². The molecule has 1 rings (SSSR count). The summed E-state index contributed by atoms with van der Waals surface area (Å²) in [5.74, 6) is 0.152. The highest BCUT2D eigenvalue weighted by Crippen LogP contribution is 2.16. The van der Waals surface area contributed by atoms with Gasteiger partial charge in [0.1, 0.15) is 5.75 Å². The molecular weight excluding hydrogens is 160 g/mol. The number of phenols is 1. The van der Waals surface area contributed by atoms with Crippen LogP contribution in [0, 0.1) is 0 Å². The molecule has 0 amide bonds. The van der Waals surface area contributed by atoms with Crippen LogP contribution in [0.15, 0.2) is 24.3 Å². The molecule has 0 fully saturated rings. The molecule has 58 valence electrons. The fourth-order valence-electron chi connectivity index (χ4n) is 0.756. The van der Waals surface area contributed by atoms with E-state index in [9.17, 15) is 5.11 Å². The normalized spacial score (nSPS) is 9.18. The molecule has 1 aromatic carbocycles. The summed E-state index contributed by atoms with van der Waals surface area (Å²) in [4.78, 5) is 0. The smallest absolute Gasteiger partial charge is 0.194 e. The van der Waals surface area contributed by atoms with Crippen molar-refractivity contribution in [3.63, 3.8) is 0 Å². The van der Waals surface area contributed by atoms with Crippen LogP contribution in [0.4, 0.5) is 0 Å². The van der Waals surface area contributed by atoms with Gasteiger partial charge < -0.3 is 9.84 Å². The molecule has 0 atom stereocenters. The summed E-state index contributed by atoms with van der Waals surface area (Å²) in [6.07, 6.45) is 0. The molecule has 0 aliphatic rings. The molecule has 0 aliphatic carbocycles. The van der Waals surface area contributed by atoms with Crippen LogP contribution in [0.25, 0.3) is 0 Å². The summed E-state index contributed by atoms with van der Waals surface area (Å²) in [5.41, 5.74) is 0.560. The zero-order valence-electron chi connectivity index (χ0n) is 6.07. The van der Waals surface area contributed by atoms with Crippen LogP contribution in [0.3, 0.4) is 0 Å². The predicted molar refractivity (Wildman–Crippen MR) is 46.8 cm³/mol. The van der Waals surface area contributed by atoms with Gasteiger partial charge in [-0.25, -0.2) is 0 Å². The first-order valence-electron chi connectivity index (χ1n) is 3.12. The molecule has 3 heteroatoms. The van der Waals surface area contributed by atoms with Crippen molar-refractivity contribution in [3.8, 4) is 5.75 Å². The minimum absolute atomic E-state index is 0.152. The van der Waals surface area contributed by atoms with E-state index in [-0.39, 0.29) is 5.75 Å². The number of phenolic OH excluding ortho intramolecular Hbond substituents is 1. The molecule has 0 aliphatic heterocycles. The summed E-state index contributed by atoms with van der Waals surface area (Å²) >= 11 is 4.83. The quantitative estimate of drug-likeness (QED) is 0.647. The van der Waals surface area contributed by atoms with E-state index in [4.69, 9.17) is 17.0 Å². The Morgan fingerprint density at radius 1 is 1.45 bits per heavy atom. The van der Waals surface area contributed by atoms with Crippen molar-refractivity contribution < 1.29 is 9.84 Å². The third kappa shape index (κ3) is 1.68. The van der Waals surface area contributed by atoms with Crippen LogP contribution in [-0.2, 0) is 4.74 Å². The summed E-state index contributed by atoms with van der Waals surface area (Å²) in [7, 11) is 1.48. The van der Waals surface area contributed by atoms with Gasteiger partial charge >= 0.3 is 0 Å². The molecule has 11 heavy (non-hydrogen) atoms. The summed E-state index contributed by atoms with van der Waals surface area (Å²) in [5, 5.41) is 9.55. The van der Waals surface area contributed by atoms with Gasteiger partial charge in [-0.2, -0.15) is 0 Å². The molecule has 1 aromatic rings. The number of rotatable bonds is 1. The maximum atomic E-state index is 9.24. The number of ether oxygens (including phenoxy) is 1. The van der Waals surface area contributed by atoms with E-state index >= 15 is 0 Å². The average molecular weight is 168 g/mol. The Morgan fingerprint density at radius 2 is 2.09 bits per heavy atom. The molecule has 0 radical (unpaired) electrons. The first-order chi connectivity index (χ1) is 5.25. The Morgan fingerprint density at radius 3 is 2.64 bits per heavy atom. The maximum absolute atomic E-state index is 9.24. The van der Waals surface area contributed by atoms with Crippen LogP contribution >= 0.6 is 12.2 Å². The molecule has 2 nitrogen and oxygen atoms in total.